The molecule has 4 heteroatoms. The highest BCUT2D eigenvalue weighted by atomic mass is 16.5. The molecule has 0 bridgehead atoms. The van der Waals surface area contributed by atoms with Crippen molar-refractivity contribution in [1.29, 1.82) is 0 Å². The molecule has 0 aromatic carbocycles. The minimum absolute atomic E-state index is 0.107. The Bertz CT molecular complexity index is 297. The quantitative estimate of drug-likeness (QED) is 0.644. The standard InChI is InChI=1S/C12H20O4/c1-6(2)7-4-9(13)12(3,15)8-5-16-11(14)10(7)8/h6-10,13,15H,4-5H2,1-3H3/t7-,8-,9-,10-,12+/m1/s1. The Hall–Kier alpha value is -0.610. The molecule has 16 heavy (non-hydrogen) atoms. The van der Waals surface area contributed by atoms with Crippen molar-refractivity contribution in [3.05, 3.63) is 0 Å². The van der Waals surface area contributed by atoms with Crippen LogP contribution in [0.1, 0.15) is 27.2 Å². The third kappa shape index (κ3) is 1.55. The highest BCUT2D eigenvalue weighted by Gasteiger charge is 2.57. The SMILES string of the molecule is CC(C)[C@H]1C[C@@H](O)[C@@](C)(O)[C@@H]2COC(=O)[C@H]12. The highest BCUT2D eigenvalue weighted by molar-refractivity contribution is 5.75. The lowest BCUT2D eigenvalue weighted by atomic mass is 9.62. The average molecular weight is 228 g/mol. The molecule has 0 aromatic heterocycles. The minimum Gasteiger partial charge on any atom is -0.465 e. The van der Waals surface area contributed by atoms with Crippen LogP contribution in [0, 0.1) is 23.7 Å². The largest absolute Gasteiger partial charge is 0.465 e. The van der Waals surface area contributed by atoms with Crippen molar-refractivity contribution in [2.75, 3.05) is 6.61 Å². The summed E-state index contributed by atoms with van der Waals surface area (Å²) in [7, 11) is 0. The molecule has 1 heterocycles. The van der Waals surface area contributed by atoms with Gasteiger partial charge >= 0.3 is 5.97 Å². The van der Waals surface area contributed by atoms with Crippen LogP contribution >= 0.6 is 0 Å². The summed E-state index contributed by atoms with van der Waals surface area (Å²) in [6.45, 7) is 5.92. The van der Waals surface area contributed by atoms with Crippen molar-refractivity contribution in [2.45, 2.75) is 38.9 Å². The van der Waals surface area contributed by atoms with E-state index in [1.807, 2.05) is 13.8 Å². The fourth-order valence-corrected chi connectivity index (χ4v) is 3.12. The van der Waals surface area contributed by atoms with Gasteiger partial charge in [0.15, 0.2) is 0 Å². The summed E-state index contributed by atoms with van der Waals surface area (Å²) in [6.07, 6.45) is -0.295. The van der Waals surface area contributed by atoms with Gasteiger partial charge in [0.05, 0.1) is 24.2 Å². The van der Waals surface area contributed by atoms with Crippen molar-refractivity contribution in [3.63, 3.8) is 0 Å². The molecule has 0 unspecified atom stereocenters. The summed E-state index contributed by atoms with van der Waals surface area (Å²) < 4.78 is 5.05. The first-order valence-electron chi connectivity index (χ1n) is 5.92. The molecule has 2 fully saturated rings. The zero-order chi connectivity index (χ0) is 12.1. The van der Waals surface area contributed by atoms with Gasteiger partial charge in [0.2, 0.25) is 0 Å². The van der Waals surface area contributed by atoms with E-state index < -0.39 is 11.7 Å². The number of carbonyl (C=O) groups is 1. The van der Waals surface area contributed by atoms with Crippen molar-refractivity contribution in [2.24, 2.45) is 23.7 Å². The maximum atomic E-state index is 11.7. The summed E-state index contributed by atoms with van der Waals surface area (Å²) >= 11 is 0. The third-order valence-corrected chi connectivity index (χ3v) is 4.35. The maximum absolute atomic E-state index is 11.7. The first-order valence-corrected chi connectivity index (χ1v) is 5.92. The predicted octanol–water partition coefficient (Wildman–Crippen LogP) is 0.563. The second-order valence-corrected chi connectivity index (χ2v) is 5.65. The second kappa shape index (κ2) is 3.70. The van der Waals surface area contributed by atoms with Crippen LogP contribution in [0.5, 0.6) is 0 Å². The number of aliphatic hydroxyl groups excluding tert-OH is 1. The number of ether oxygens (including phenoxy) is 1. The van der Waals surface area contributed by atoms with Crippen molar-refractivity contribution in [1.82, 2.24) is 0 Å². The van der Waals surface area contributed by atoms with Crippen LogP contribution in [-0.2, 0) is 9.53 Å². The first kappa shape index (κ1) is 11.9. The third-order valence-electron chi connectivity index (χ3n) is 4.35. The summed E-state index contributed by atoms with van der Waals surface area (Å²) in [5.74, 6) is -0.315. The summed E-state index contributed by atoms with van der Waals surface area (Å²) in [4.78, 5) is 11.7. The van der Waals surface area contributed by atoms with Crippen LogP contribution in [0.3, 0.4) is 0 Å². The molecule has 5 atom stereocenters. The van der Waals surface area contributed by atoms with Crippen LogP contribution in [0.15, 0.2) is 0 Å². The van der Waals surface area contributed by atoms with Gasteiger partial charge in [-0.15, -0.1) is 0 Å². The molecular formula is C12H20O4. The molecule has 4 nitrogen and oxygen atoms in total. The molecule has 2 aliphatic rings. The molecule has 92 valence electrons. The summed E-state index contributed by atoms with van der Waals surface area (Å²) in [5, 5.41) is 20.2. The Labute approximate surface area is 95.6 Å². The summed E-state index contributed by atoms with van der Waals surface area (Å²) in [6, 6.07) is 0. The lowest BCUT2D eigenvalue weighted by molar-refractivity contribution is -0.161. The molecule has 1 saturated carbocycles. The van der Waals surface area contributed by atoms with E-state index in [1.165, 1.54) is 0 Å². The number of esters is 1. The van der Waals surface area contributed by atoms with Crippen LogP contribution in [0.25, 0.3) is 0 Å². The van der Waals surface area contributed by atoms with Crippen molar-refractivity contribution >= 4 is 5.97 Å². The van der Waals surface area contributed by atoms with Gasteiger partial charge in [0.25, 0.3) is 0 Å². The average Bonchev–Trinajstić information content (AvgIpc) is 2.55. The Balaban J connectivity index is 2.32. The van der Waals surface area contributed by atoms with E-state index in [4.69, 9.17) is 4.74 Å². The second-order valence-electron chi connectivity index (χ2n) is 5.65. The summed E-state index contributed by atoms with van der Waals surface area (Å²) in [5.41, 5.74) is -1.21. The van der Waals surface area contributed by atoms with Gasteiger partial charge in [-0.05, 0) is 25.2 Å². The zero-order valence-corrected chi connectivity index (χ0v) is 10.0. The Morgan fingerprint density at radius 1 is 1.50 bits per heavy atom. The van der Waals surface area contributed by atoms with Crippen LogP contribution < -0.4 is 0 Å². The Kier molecular flexibility index (Phi) is 2.75. The number of rotatable bonds is 1. The van der Waals surface area contributed by atoms with Crippen molar-refractivity contribution < 1.29 is 19.7 Å². The van der Waals surface area contributed by atoms with Gasteiger partial charge in [0, 0.05) is 5.92 Å². The van der Waals surface area contributed by atoms with Gasteiger partial charge < -0.3 is 14.9 Å². The molecule has 1 aliphatic heterocycles. The molecule has 2 N–H and O–H groups in total. The lowest BCUT2D eigenvalue weighted by Gasteiger charge is -2.45. The van der Waals surface area contributed by atoms with E-state index in [1.54, 1.807) is 6.92 Å². The van der Waals surface area contributed by atoms with Gasteiger partial charge in [0.1, 0.15) is 0 Å². The number of hydrogen-bond donors (Lipinski definition) is 2. The van der Waals surface area contributed by atoms with E-state index in [9.17, 15) is 15.0 Å². The molecule has 2 rings (SSSR count). The highest BCUT2D eigenvalue weighted by Crippen LogP contribution is 2.47. The van der Waals surface area contributed by atoms with E-state index in [0.29, 0.717) is 12.3 Å². The fraction of sp³-hybridized carbons (Fsp3) is 0.917. The van der Waals surface area contributed by atoms with Gasteiger partial charge in [-0.1, -0.05) is 13.8 Å². The Morgan fingerprint density at radius 3 is 2.69 bits per heavy atom. The maximum Gasteiger partial charge on any atom is 0.309 e. The van der Waals surface area contributed by atoms with Gasteiger partial charge in [-0.3, -0.25) is 4.79 Å². The van der Waals surface area contributed by atoms with Gasteiger partial charge in [-0.25, -0.2) is 0 Å². The van der Waals surface area contributed by atoms with Gasteiger partial charge in [-0.2, -0.15) is 0 Å². The molecule has 1 saturated heterocycles. The molecular weight excluding hydrogens is 208 g/mol. The van der Waals surface area contributed by atoms with Crippen LogP contribution in [-0.4, -0.2) is 34.5 Å². The molecule has 1 aliphatic carbocycles. The molecule has 0 amide bonds. The smallest absolute Gasteiger partial charge is 0.309 e. The Morgan fingerprint density at radius 2 is 2.12 bits per heavy atom. The molecule has 0 aromatic rings. The van der Waals surface area contributed by atoms with E-state index in [0.717, 1.165) is 0 Å². The zero-order valence-electron chi connectivity index (χ0n) is 10.0. The monoisotopic (exact) mass is 228 g/mol. The number of carbonyl (C=O) groups excluding carboxylic acids is 1. The minimum atomic E-state index is -1.21. The fourth-order valence-electron chi connectivity index (χ4n) is 3.12. The van der Waals surface area contributed by atoms with E-state index in [2.05, 4.69) is 0 Å². The number of cyclic esters (lactones) is 1. The van der Waals surface area contributed by atoms with E-state index in [-0.39, 0.29) is 30.3 Å². The molecule has 0 radical (unpaired) electrons. The topological polar surface area (TPSA) is 66.8 Å². The number of fused-ring (bicyclic) bond motifs is 1. The normalized spacial score (nSPS) is 48.0. The first-order chi connectivity index (χ1) is 7.35. The van der Waals surface area contributed by atoms with Crippen LogP contribution in [0.4, 0.5) is 0 Å². The molecule has 0 spiro atoms. The van der Waals surface area contributed by atoms with E-state index >= 15 is 0 Å². The number of aliphatic hydroxyl groups is 2. The number of hydrogen-bond acceptors (Lipinski definition) is 4. The van der Waals surface area contributed by atoms with Crippen LogP contribution in [0.2, 0.25) is 0 Å². The predicted molar refractivity (Wildman–Crippen MR) is 57.5 cm³/mol. The van der Waals surface area contributed by atoms with Crippen molar-refractivity contribution in [3.8, 4) is 0 Å². The lowest BCUT2D eigenvalue weighted by Crippen LogP contribution is -2.56.